The Hall–Kier alpha value is -3.17. The molecule has 0 aliphatic heterocycles. The van der Waals surface area contributed by atoms with Crippen molar-refractivity contribution in [1.29, 1.82) is 0 Å². The van der Waals surface area contributed by atoms with Crippen molar-refractivity contribution in [2.24, 2.45) is 0 Å². The normalized spacial score (nSPS) is 12.0. The van der Waals surface area contributed by atoms with Gasteiger partial charge in [-0.1, -0.05) is 70.5 Å². The zero-order chi connectivity index (χ0) is 28.6. The number of rotatable bonds is 12. The van der Waals surface area contributed by atoms with Gasteiger partial charge in [-0.15, -0.1) is 0 Å². The summed E-state index contributed by atoms with van der Waals surface area (Å²) in [5.41, 5.74) is 4.32. The van der Waals surface area contributed by atoms with Crippen LogP contribution in [-0.2, 0) is 32.6 Å². The van der Waals surface area contributed by atoms with Crippen LogP contribution < -0.4 is 9.62 Å². The fraction of sp³-hybridized carbons (Fsp3) is 0.333. The summed E-state index contributed by atoms with van der Waals surface area (Å²) in [5, 5.41) is 2.71. The molecule has 0 unspecified atom stereocenters. The Labute approximate surface area is 240 Å². The summed E-state index contributed by atoms with van der Waals surface area (Å²) in [5.74, 6) is -0.464. The fourth-order valence-corrected chi connectivity index (χ4v) is 5.78. The number of amides is 2. The maximum atomic E-state index is 13.7. The molecular formula is C30H36BrN3O4S. The van der Waals surface area contributed by atoms with Gasteiger partial charge in [-0.3, -0.25) is 13.9 Å². The summed E-state index contributed by atoms with van der Waals surface area (Å²) in [6.07, 6.45) is 1.94. The molecule has 7 nitrogen and oxygen atoms in total. The highest BCUT2D eigenvalue weighted by Crippen LogP contribution is 2.26. The molecule has 0 saturated heterocycles. The number of sulfonamides is 1. The predicted molar refractivity (Wildman–Crippen MR) is 160 cm³/mol. The molecule has 0 bridgehead atoms. The topological polar surface area (TPSA) is 86.8 Å². The Bertz CT molecular complexity index is 1380. The Morgan fingerprint density at radius 2 is 1.59 bits per heavy atom. The Morgan fingerprint density at radius 1 is 0.923 bits per heavy atom. The van der Waals surface area contributed by atoms with Crippen molar-refractivity contribution in [3.8, 4) is 0 Å². The fourth-order valence-electron chi connectivity index (χ4n) is 4.50. The van der Waals surface area contributed by atoms with E-state index in [0.717, 1.165) is 26.7 Å². The lowest BCUT2D eigenvalue weighted by molar-refractivity contribution is -0.141. The molecule has 1 atom stereocenters. The summed E-state index contributed by atoms with van der Waals surface area (Å²) in [7, 11) is -2.00. The summed E-state index contributed by atoms with van der Waals surface area (Å²) in [6.45, 7) is 4.24. The molecular weight excluding hydrogens is 578 g/mol. The first-order valence-electron chi connectivity index (χ1n) is 12.8. The van der Waals surface area contributed by atoms with Crippen LogP contribution in [0.3, 0.4) is 0 Å². The van der Waals surface area contributed by atoms with Crippen molar-refractivity contribution in [3.63, 3.8) is 0 Å². The molecule has 3 aromatic carbocycles. The van der Waals surface area contributed by atoms with Crippen LogP contribution in [0.1, 0.15) is 35.1 Å². The summed E-state index contributed by atoms with van der Waals surface area (Å²) < 4.78 is 27.7. The van der Waals surface area contributed by atoms with E-state index in [2.05, 4.69) is 21.2 Å². The van der Waals surface area contributed by atoms with Crippen LogP contribution in [0.25, 0.3) is 0 Å². The first-order chi connectivity index (χ1) is 18.5. The lowest BCUT2D eigenvalue weighted by atomic mass is 10.0. The minimum absolute atomic E-state index is 0.0930. The molecule has 1 N–H and O–H groups in total. The monoisotopic (exact) mass is 613 g/mol. The van der Waals surface area contributed by atoms with Crippen LogP contribution >= 0.6 is 15.9 Å². The molecule has 0 heterocycles. The van der Waals surface area contributed by atoms with Crippen molar-refractivity contribution in [3.05, 3.63) is 99.5 Å². The number of nitrogens with one attached hydrogen (secondary N) is 1. The van der Waals surface area contributed by atoms with Crippen molar-refractivity contribution < 1.29 is 18.0 Å². The average molecular weight is 615 g/mol. The van der Waals surface area contributed by atoms with E-state index >= 15 is 0 Å². The van der Waals surface area contributed by atoms with Gasteiger partial charge in [0, 0.05) is 37.5 Å². The molecule has 0 fully saturated rings. The van der Waals surface area contributed by atoms with Crippen LogP contribution in [0.2, 0.25) is 0 Å². The second-order valence-corrected chi connectivity index (χ2v) is 12.4. The number of carbonyl (C=O) groups excluding carboxylic acids is 2. The number of benzene rings is 3. The number of anilines is 1. The molecule has 0 saturated carbocycles. The van der Waals surface area contributed by atoms with Gasteiger partial charge in [-0.25, -0.2) is 8.42 Å². The molecule has 39 heavy (non-hydrogen) atoms. The van der Waals surface area contributed by atoms with Crippen molar-refractivity contribution in [1.82, 2.24) is 10.2 Å². The van der Waals surface area contributed by atoms with Gasteiger partial charge in [0.2, 0.25) is 21.8 Å². The first kappa shape index (κ1) is 30.4. The maximum absolute atomic E-state index is 13.7. The number of carbonyl (C=O) groups is 2. The Balaban J connectivity index is 1.86. The first-order valence-corrected chi connectivity index (χ1v) is 15.5. The predicted octanol–water partition coefficient (Wildman–Crippen LogP) is 5.00. The van der Waals surface area contributed by atoms with Gasteiger partial charge in [0.25, 0.3) is 0 Å². The van der Waals surface area contributed by atoms with Gasteiger partial charge >= 0.3 is 0 Å². The summed E-state index contributed by atoms with van der Waals surface area (Å²) >= 11 is 3.44. The molecule has 0 aliphatic carbocycles. The SMILES string of the molecule is CNC(=O)[C@@H](Cc1ccccc1)N(Cc1ccc(Br)cc1)C(=O)CCCN(c1cccc(C)c1C)S(C)(=O)=O. The molecule has 2 amide bonds. The lowest BCUT2D eigenvalue weighted by Gasteiger charge is -2.32. The van der Waals surface area contributed by atoms with Crippen LogP contribution in [0.15, 0.2) is 77.3 Å². The number of likely N-dealkylation sites (N-methyl/N-ethyl adjacent to an activating group) is 1. The zero-order valence-corrected chi connectivity index (χ0v) is 25.3. The minimum Gasteiger partial charge on any atom is -0.357 e. The molecule has 208 valence electrons. The van der Waals surface area contributed by atoms with E-state index in [1.165, 1.54) is 10.6 Å². The number of hydrogen-bond acceptors (Lipinski definition) is 4. The van der Waals surface area contributed by atoms with Gasteiger partial charge < -0.3 is 10.2 Å². The average Bonchev–Trinajstić information content (AvgIpc) is 2.91. The van der Waals surface area contributed by atoms with Gasteiger partial charge in [-0.2, -0.15) is 0 Å². The van der Waals surface area contributed by atoms with Crippen LogP contribution in [0.5, 0.6) is 0 Å². The van der Waals surface area contributed by atoms with E-state index < -0.39 is 16.1 Å². The quantitative estimate of drug-likeness (QED) is 0.311. The zero-order valence-electron chi connectivity index (χ0n) is 22.9. The molecule has 9 heteroatoms. The van der Waals surface area contributed by atoms with Crippen molar-refractivity contribution in [2.45, 2.75) is 45.7 Å². The van der Waals surface area contributed by atoms with E-state index in [1.807, 2.05) is 80.6 Å². The second kappa shape index (κ2) is 13.8. The molecule has 3 rings (SSSR count). The van der Waals surface area contributed by atoms with Gasteiger partial charge in [0.1, 0.15) is 6.04 Å². The Kier molecular flexibility index (Phi) is 10.7. The summed E-state index contributed by atoms with van der Waals surface area (Å²) in [6, 6.07) is 22.1. The summed E-state index contributed by atoms with van der Waals surface area (Å²) in [4.78, 5) is 28.4. The van der Waals surface area contributed by atoms with E-state index in [9.17, 15) is 18.0 Å². The molecule has 0 spiro atoms. The van der Waals surface area contributed by atoms with Gasteiger partial charge in [0.05, 0.1) is 11.9 Å². The Morgan fingerprint density at radius 3 is 2.21 bits per heavy atom. The van der Waals surface area contributed by atoms with E-state index in [-0.39, 0.29) is 31.3 Å². The largest absolute Gasteiger partial charge is 0.357 e. The highest BCUT2D eigenvalue weighted by Gasteiger charge is 2.30. The maximum Gasteiger partial charge on any atom is 0.242 e. The van der Waals surface area contributed by atoms with Crippen molar-refractivity contribution >= 4 is 43.5 Å². The number of nitrogens with zero attached hydrogens (tertiary/aromatic N) is 2. The second-order valence-electron chi connectivity index (χ2n) is 9.63. The lowest BCUT2D eigenvalue weighted by Crippen LogP contribution is -2.49. The third-order valence-electron chi connectivity index (χ3n) is 6.78. The van der Waals surface area contributed by atoms with Crippen molar-refractivity contribution in [2.75, 3.05) is 24.2 Å². The smallest absolute Gasteiger partial charge is 0.242 e. The standard InChI is InChI=1S/C30H36BrN3O4S/c1-22-10-8-13-27(23(22)2)34(39(4,37)38)19-9-14-29(35)33(21-25-15-17-26(31)18-16-25)28(30(36)32-3)20-24-11-6-5-7-12-24/h5-8,10-13,15-18,28H,9,14,19-21H2,1-4H3,(H,32,36)/t28-/m1/s1. The van der Waals surface area contributed by atoms with E-state index in [0.29, 0.717) is 18.5 Å². The minimum atomic E-state index is -3.56. The third kappa shape index (κ3) is 8.41. The van der Waals surface area contributed by atoms with Gasteiger partial charge in [-0.05, 0) is 60.7 Å². The highest BCUT2D eigenvalue weighted by atomic mass is 79.9. The van der Waals surface area contributed by atoms with E-state index in [4.69, 9.17) is 0 Å². The third-order valence-corrected chi connectivity index (χ3v) is 8.49. The number of aryl methyl sites for hydroxylation is 1. The molecule has 0 radical (unpaired) electrons. The highest BCUT2D eigenvalue weighted by molar-refractivity contribution is 9.10. The van der Waals surface area contributed by atoms with E-state index in [1.54, 1.807) is 18.0 Å². The molecule has 3 aromatic rings. The van der Waals surface area contributed by atoms with Gasteiger partial charge in [0.15, 0.2) is 0 Å². The number of halogens is 1. The molecule has 0 aromatic heterocycles. The molecule has 0 aliphatic rings. The van der Waals surface area contributed by atoms with Crippen LogP contribution in [-0.4, -0.2) is 51.0 Å². The van der Waals surface area contributed by atoms with Crippen LogP contribution in [0, 0.1) is 13.8 Å². The number of hydrogen-bond donors (Lipinski definition) is 1. The van der Waals surface area contributed by atoms with Crippen LogP contribution in [0.4, 0.5) is 5.69 Å².